The summed E-state index contributed by atoms with van der Waals surface area (Å²) >= 11 is 1.25. The van der Waals surface area contributed by atoms with Gasteiger partial charge in [0.25, 0.3) is 5.91 Å². The second kappa shape index (κ2) is 7.38. The number of hydrogen-bond acceptors (Lipinski definition) is 6. The summed E-state index contributed by atoms with van der Waals surface area (Å²) in [6.45, 7) is 0. The van der Waals surface area contributed by atoms with Crippen LogP contribution in [0.3, 0.4) is 0 Å². The number of para-hydroxylation sites is 1. The first kappa shape index (κ1) is 16.9. The summed E-state index contributed by atoms with van der Waals surface area (Å²) in [7, 11) is 0. The molecule has 0 fully saturated rings. The first-order valence-electron chi connectivity index (χ1n) is 8.12. The molecule has 1 aromatic carbocycles. The molecular weight excluding hydrogens is 364 g/mol. The summed E-state index contributed by atoms with van der Waals surface area (Å²) < 4.78 is 5.04. The molecule has 0 bridgehead atoms. The van der Waals surface area contributed by atoms with Crippen LogP contribution >= 0.6 is 11.3 Å². The number of fused-ring (bicyclic) bond motifs is 1. The number of aromatic nitrogens is 2. The predicted molar refractivity (Wildman–Crippen MR) is 103 cm³/mol. The van der Waals surface area contributed by atoms with Crippen LogP contribution < -0.4 is 10.6 Å². The van der Waals surface area contributed by atoms with Crippen molar-refractivity contribution < 1.29 is 14.0 Å². The second-order valence-electron chi connectivity index (χ2n) is 5.68. The minimum atomic E-state index is -0.382. The molecule has 0 radical (unpaired) electrons. The molecule has 0 aliphatic carbocycles. The Morgan fingerprint density at radius 3 is 2.81 bits per heavy atom. The third-order valence-electron chi connectivity index (χ3n) is 3.77. The molecule has 0 atom stereocenters. The number of carbonyl (C=O) groups is 2. The molecule has 0 spiro atoms. The quantitative estimate of drug-likeness (QED) is 0.552. The molecule has 4 aromatic rings. The fourth-order valence-corrected chi connectivity index (χ4v) is 3.28. The molecule has 4 rings (SSSR count). The summed E-state index contributed by atoms with van der Waals surface area (Å²) in [5.74, 6) is -0.387. The molecule has 8 heteroatoms. The Hall–Kier alpha value is -3.52. The average molecular weight is 378 g/mol. The van der Waals surface area contributed by atoms with Crippen molar-refractivity contribution >= 4 is 44.9 Å². The lowest BCUT2D eigenvalue weighted by Gasteiger charge is -2.07. The van der Waals surface area contributed by atoms with Gasteiger partial charge in [0.05, 0.1) is 29.6 Å². The maximum absolute atomic E-state index is 12.4. The molecule has 3 heterocycles. The lowest BCUT2D eigenvalue weighted by molar-refractivity contribution is -0.115. The number of carbonyl (C=O) groups excluding carboxylic acids is 2. The van der Waals surface area contributed by atoms with Gasteiger partial charge in [0.2, 0.25) is 5.91 Å². The topological polar surface area (TPSA) is 97.1 Å². The Morgan fingerprint density at radius 1 is 1.07 bits per heavy atom. The van der Waals surface area contributed by atoms with E-state index >= 15 is 0 Å². The van der Waals surface area contributed by atoms with E-state index in [9.17, 15) is 9.59 Å². The van der Waals surface area contributed by atoms with Crippen LogP contribution in [0.1, 0.15) is 16.2 Å². The molecule has 0 aliphatic heterocycles. The molecule has 3 aromatic heterocycles. The van der Waals surface area contributed by atoms with Gasteiger partial charge in [0, 0.05) is 17.0 Å². The van der Waals surface area contributed by atoms with E-state index < -0.39 is 0 Å². The Bertz CT molecular complexity index is 1100. The summed E-state index contributed by atoms with van der Waals surface area (Å²) in [5, 5.41) is 8.61. The Morgan fingerprint density at radius 2 is 1.96 bits per heavy atom. The van der Waals surface area contributed by atoms with Gasteiger partial charge in [-0.05, 0) is 24.3 Å². The summed E-state index contributed by atoms with van der Waals surface area (Å²) in [6.07, 6.45) is 3.21. The van der Waals surface area contributed by atoms with Gasteiger partial charge in [-0.25, -0.2) is 4.98 Å². The number of amides is 2. The van der Waals surface area contributed by atoms with E-state index in [4.69, 9.17) is 4.42 Å². The minimum Gasteiger partial charge on any atom is -0.459 e. The van der Waals surface area contributed by atoms with Crippen LogP contribution in [0.4, 0.5) is 10.8 Å². The molecule has 134 valence electrons. The highest BCUT2D eigenvalue weighted by Gasteiger charge is 2.13. The molecule has 2 amide bonds. The summed E-state index contributed by atoms with van der Waals surface area (Å²) in [4.78, 5) is 32.9. The Kier molecular flexibility index (Phi) is 4.63. The van der Waals surface area contributed by atoms with Crippen molar-refractivity contribution in [3.63, 3.8) is 0 Å². The van der Waals surface area contributed by atoms with Crippen LogP contribution in [-0.2, 0) is 11.2 Å². The van der Waals surface area contributed by atoms with Gasteiger partial charge in [-0.3, -0.25) is 19.9 Å². The van der Waals surface area contributed by atoms with Crippen molar-refractivity contribution in [3.8, 4) is 0 Å². The zero-order valence-electron chi connectivity index (χ0n) is 14.0. The van der Waals surface area contributed by atoms with E-state index in [-0.39, 0.29) is 24.0 Å². The monoisotopic (exact) mass is 378 g/mol. The van der Waals surface area contributed by atoms with Gasteiger partial charge in [0.15, 0.2) is 10.9 Å². The van der Waals surface area contributed by atoms with Crippen LogP contribution in [0.5, 0.6) is 0 Å². The van der Waals surface area contributed by atoms with Crippen LogP contribution in [0.2, 0.25) is 0 Å². The summed E-state index contributed by atoms with van der Waals surface area (Å²) in [6, 6.07) is 12.6. The lowest BCUT2D eigenvalue weighted by Crippen LogP contribution is -2.15. The van der Waals surface area contributed by atoms with Crippen molar-refractivity contribution in [2.75, 3.05) is 10.6 Å². The number of hydrogen-bond donors (Lipinski definition) is 2. The number of rotatable bonds is 5. The normalized spacial score (nSPS) is 10.7. The number of benzene rings is 1. The molecular formula is C19H14N4O3S. The van der Waals surface area contributed by atoms with Crippen molar-refractivity contribution in [2.45, 2.75) is 6.42 Å². The van der Waals surface area contributed by atoms with E-state index in [1.54, 1.807) is 23.7 Å². The number of nitrogens with zero attached hydrogens (tertiary/aromatic N) is 2. The highest BCUT2D eigenvalue weighted by atomic mass is 32.1. The van der Waals surface area contributed by atoms with Gasteiger partial charge in [0.1, 0.15) is 0 Å². The average Bonchev–Trinajstić information content (AvgIpc) is 3.34. The fraction of sp³-hybridized carbons (Fsp3) is 0.0526. The van der Waals surface area contributed by atoms with Crippen molar-refractivity contribution in [1.82, 2.24) is 9.97 Å². The highest BCUT2D eigenvalue weighted by molar-refractivity contribution is 7.14. The molecule has 7 nitrogen and oxygen atoms in total. The number of furan rings is 1. The van der Waals surface area contributed by atoms with Gasteiger partial charge >= 0.3 is 0 Å². The van der Waals surface area contributed by atoms with Gasteiger partial charge in [-0.15, -0.1) is 11.3 Å². The van der Waals surface area contributed by atoms with E-state index in [0.29, 0.717) is 16.5 Å². The maximum Gasteiger partial charge on any atom is 0.293 e. The van der Waals surface area contributed by atoms with E-state index in [1.165, 1.54) is 17.6 Å². The third-order valence-corrected chi connectivity index (χ3v) is 4.57. The van der Waals surface area contributed by atoms with Crippen LogP contribution in [0.25, 0.3) is 10.9 Å². The summed E-state index contributed by atoms with van der Waals surface area (Å²) in [5.41, 5.74) is 1.96. The first-order valence-corrected chi connectivity index (χ1v) is 9.00. The molecule has 2 N–H and O–H groups in total. The van der Waals surface area contributed by atoms with Crippen molar-refractivity contribution in [3.05, 3.63) is 71.8 Å². The Balaban J connectivity index is 1.41. The minimum absolute atomic E-state index is 0.0936. The third kappa shape index (κ3) is 3.85. The largest absolute Gasteiger partial charge is 0.459 e. The fourth-order valence-electron chi connectivity index (χ4n) is 2.58. The zero-order valence-corrected chi connectivity index (χ0v) is 14.8. The first-order chi connectivity index (χ1) is 13.2. The van der Waals surface area contributed by atoms with E-state index in [1.807, 2.05) is 30.3 Å². The Labute approximate surface area is 158 Å². The lowest BCUT2D eigenvalue weighted by atomic mass is 10.2. The second-order valence-corrected chi connectivity index (χ2v) is 6.54. The molecule has 27 heavy (non-hydrogen) atoms. The van der Waals surface area contributed by atoms with Crippen molar-refractivity contribution in [1.29, 1.82) is 0 Å². The smallest absolute Gasteiger partial charge is 0.293 e. The zero-order chi connectivity index (χ0) is 18.6. The van der Waals surface area contributed by atoms with Gasteiger partial charge < -0.3 is 9.73 Å². The standard InChI is InChI=1S/C19H14N4O3S/c24-16(22-14-6-1-4-12-5-2-8-20-17(12)14)10-13-11-27-19(21-13)23-18(25)15-7-3-9-26-15/h1-9,11H,10H2,(H,22,24)(H,21,23,25). The SMILES string of the molecule is O=C(Cc1csc(NC(=O)c2ccco2)n1)Nc1cccc2cccnc12. The van der Waals surface area contributed by atoms with Crippen LogP contribution in [-0.4, -0.2) is 21.8 Å². The van der Waals surface area contributed by atoms with E-state index in [2.05, 4.69) is 20.6 Å². The van der Waals surface area contributed by atoms with Gasteiger partial charge in [-0.2, -0.15) is 0 Å². The van der Waals surface area contributed by atoms with Crippen LogP contribution in [0, 0.1) is 0 Å². The number of nitrogens with one attached hydrogen (secondary N) is 2. The maximum atomic E-state index is 12.4. The van der Waals surface area contributed by atoms with E-state index in [0.717, 1.165) is 10.9 Å². The van der Waals surface area contributed by atoms with Crippen LogP contribution in [0.15, 0.2) is 64.7 Å². The predicted octanol–water partition coefficient (Wildman–Crippen LogP) is 3.72. The molecule has 0 aliphatic rings. The number of anilines is 2. The molecule has 0 saturated heterocycles. The number of thiazole rings is 1. The molecule has 0 saturated carbocycles. The number of pyridine rings is 1. The highest BCUT2D eigenvalue weighted by Crippen LogP contribution is 2.21. The van der Waals surface area contributed by atoms with Crippen molar-refractivity contribution in [2.24, 2.45) is 0 Å². The molecule has 0 unspecified atom stereocenters. The van der Waals surface area contributed by atoms with Gasteiger partial charge in [-0.1, -0.05) is 18.2 Å².